The van der Waals surface area contributed by atoms with Crippen LogP contribution in [0.5, 0.6) is 5.88 Å². The zero-order valence-electron chi connectivity index (χ0n) is 7.26. The van der Waals surface area contributed by atoms with Crippen molar-refractivity contribution in [2.75, 3.05) is 6.61 Å². The number of ether oxygens (including phenoxy) is 1. The Kier molecular flexibility index (Phi) is 5.46. The minimum Gasteiger partial charge on any atom is -0.476 e. The molecule has 8 heteroatoms. The second-order valence-electron chi connectivity index (χ2n) is 2.25. The number of alkyl halides is 2. The molecule has 0 aliphatic carbocycles. The van der Waals surface area contributed by atoms with Crippen molar-refractivity contribution in [2.24, 2.45) is 0 Å². The predicted molar refractivity (Wildman–Crippen MR) is 47.7 cm³/mol. The van der Waals surface area contributed by atoms with E-state index in [0.29, 0.717) is 0 Å². The van der Waals surface area contributed by atoms with Gasteiger partial charge in [0.25, 0.3) is 6.43 Å². The summed E-state index contributed by atoms with van der Waals surface area (Å²) in [4.78, 5) is 17.2. The van der Waals surface area contributed by atoms with E-state index >= 15 is 0 Å². The van der Waals surface area contributed by atoms with Crippen LogP contribution in [0, 0.1) is 0 Å². The number of aromatic carboxylic acids is 1. The highest BCUT2D eigenvalue weighted by Crippen LogP contribution is 2.05. The summed E-state index contributed by atoms with van der Waals surface area (Å²) in [6.07, 6.45) is -0.689. The second kappa shape index (κ2) is 6.07. The molecule has 0 saturated carbocycles. The van der Waals surface area contributed by atoms with E-state index in [1.54, 1.807) is 0 Å². The Morgan fingerprint density at radius 1 is 1.47 bits per heavy atom. The SMILES string of the molecule is Cl.O=C(O)c1cnc(OCC(F)F)cn1. The normalized spacial score (nSPS) is 9.53. The first-order chi connectivity index (χ1) is 6.59. The Bertz CT molecular complexity index is 321. The lowest BCUT2D eigenvalue weighted by Gasteiger charge is -2.02. The molecule has 0 fully saturated rings. The van der Waals surface area contributed by atoms with Crippen molar-refractivity contribution in [1.82, 2.24) is 9.97 Å². The van der Waals surface area contributed by atoms with Crippen LogP contribution in [0.3, 0.4) is 0 Å². The zero-order chi connectivity index (χ0) is 10.6. The van der Waals surface area contributed by atoms with Crippen molar-refractivity contribution in [3.05, 3.63) is 18.1 Å². The van der Waals surface area contributed by atoms with Gasteiger partial charge in [-0.05, 0) is 0 Å². The molecule has 1 N–H and O–H groups in total. The summed E-state index contributed by atoms with van der Waals surface area (Å²) in [6.45, 7) is -0.791. The lowest BCUT2D eigenvalue weighted by atomic mass is 10.5. The highest BCUT2D eigenvalue weighted by atomic mass is 35.5. The monoisotopic (exact) mass is 240 g/mol. The highest BCUT2D eigenvalue weighted by Gasteiger charge is 2.07. The van der Waals surface area contributed by atoms with Gasteiger partial charge in [0.2, 0.25) is 5.88 Å². The minimum absolute atomic E-state index is 0. The van der Waals surface area contributed by atoms with Crippen LogP contribution in [-0.2, 0) is 0 Å². The van der Waals surface area contributed by atoms with Crippen LogP contribution >= 0.6 is 12.4 Å². The topological polar surface area (TPSA) is 72.3 Å². The molecule has 0 unspecified atom stereocenters. The molecule has 84 valence electrons. The molecule has 0 aliphatic rings. The van der Waals surface area contributed by atoms with Gasteiger partial charge in [-0.25, -0.2) is 23.5 Å². The molecule has 0 atom stereocenters. The van der Waals surface area contributed by atoms with Gasteiger partial charge >= 0.3 is 5.97 Å². The smallest absolute Gasteiger partial charge is 0.356 e. The molecule has 0 radical (unpaired) electrons. The first kappa shape index (κ1) is 13.5. The molecule has 0 saturated heterocycles. The first-order valence-electron chi connectivity index (χ1n) is 3.56. The maximum Gasteiger partial charge on any atom is 0.356 e. The van der Waals surface area contributed by atoms with Crippen LogP contribution in [0.1, 0.15) is 10.5 Å². The molecule has 1 heterocycles. The fourth-order valence-corrected chi connectivity index (χ4v) is 0.650. The fraction of sp³-hybridized carbons (Fsp3) is 0.286. The number of rotatable bonds is 4. The molecule has 15 heavy (non-hydrogen) atoms. The quantitative estimate of drug-likeness (QED) is 0.857. The van der Waals surface area contributed by atoms with Crippen molar-refractivity contribution in [3.8, 4) is 5.88 Å². The summed E-state index contributed by atoms with van der Waals surface area (Å²) in [7, 11) is 0. The van der Waals surface area contributed by atoms with Crippen molar-refractivity contribution < 1.29 is 23.4 Å². The molecule has 0 bridgehead atoms. The van der Waals surface area contributed by atoms with E-state index in [0.717, 1.165) is 12.4 Å². The number of carboxylic acids is 1. The van der Waals surface area contributed by atoms with Crippen molar-refractivity contribution in [2.45, 2.75) is 6.43 Å². The first-order valence-corrected chi connectivity index (χ1v) is 3.56. The molecule has 0 aliphatic heterocycles. The summed E-state index contributed by atoms with van der Waals surface area (Å²) in [5, 5.41) is 8.43. The standard InChI is InChI=1S/C7H6F2N2O3.ClH/c8-5(9)3-14-6-2-10-4(1-11-6)7(12)13;/h1-2,5H,3H2,(H,12,13);1H. The number of halogens is 3. The molecule has 1 aromatic heterocycles. The third-order valence-corrected chi connectivity index (χ3v) is 1.20. The number of nitrogens with zero attached hydrogens (tertiary/aromatic N) is 2. The van der Waals surface area contributed by atoms with Gasteiger partial charge in [0, 0.05) is 0 Å². The van der Waals surface area contributed by atoms with E-state index in [9.17, 15) is 13.6 Å². The predicted octanol–water partition coefficient (Wildman–Crippen LogP) is 1.24. The van der Waals surface area contributed by atoms with E-state index in [1.165, 1.54) is 0 Å². The lowest BCUT2D eigenvalue weighted by Crippen LogP contribution is -2.09. The van der Waals surface area contributed by atoms with E-state index in [1.807, 2.05) is 0 Å². The van der Waals surface area contributed by atoms with Gasteiger partial charge in [-0.2, -0.15) is 0 Å². The second-order valence-corrected chi connectivity index (χ2v) is 2.25. The van der Waals surface area contributed by atoms with Gasteiger partial charge < -0.3 is 9.84 Å². The average molecular weight is 241 g/mol. The van der Waals surface area contributed by atoms with Gasteiger partial charge in [0.1, 0.15) is 0 Å². The molecule has 1 rings (SSSR count). The Balaban J connectivity index is 0.00000196. The van der Waals surface area contributed by atoms with Crippen LogP contribution in [-0.4, -0.2) is 34.1 Å². The molecular weight excluding hydrogens is 234 g/mol. The van der Waals surface area contributed by atoms with Gasteiger partial charge in [0.15, 0.2) is 12.3 Å². The van der Waals surface area contributed by atoms with Crippen LogP contribution in [0.4, 0.5) is 8.78 Å². The van der Waals surface area contributed by atoms with Crippen molar-refractivity contribution >= 4 is 18.4 Å². The summed E-state index contributed by atoms with van der Waals surface area (Å²) in [5.74, 6) is -1.37. The van der Waals surface area contributed by atoms with Crippen LogP contribution in [0.2, 0.25) is 0 Å². The summed E-state index contributed by atoms with van der Waals surface area (Å²) in [6, 6.07) is 0. The molecule has 0 amide bonds. The summed E-state index contributed by atoms with van der Waals surface area (Å²) >= 11 is 0. The maximum atomic E-state index is 11.7. The van der Waals surface area contributed by atoms with Crippen LogP contribution in [0.15, 0.2) is 12.4 Å². The molecule has 0 aromatic carbocycles. The van der Waals surface area contributed by atoms with E-state index in [-0.39, 0.29) is 24.0 Å². The van der Waals surface area contributed by atoms with Crippen molar-refractivity contribution in [1.29, 1.82) is 0 Å². The van der Waals surface area contributed by atoms with Crippen LogP contribution < -0.4 is 4.74 Å². The molecule has 1 aromatic rings. The number of hydrogen-bond acceptors (Lipinski definition) is 4. The third-order valence-electron chi connectivity index (χ3n) is 1.20. The molecule has 5 nitrogen and oxygen atoms in total. The summed E-state index contributed by atoms with van der Waals surface area (Å²) < 4.78 is 27.8. The van der Waals surface area contributed by atoms with Gasteiger partial charge in [-0.1, -0.05) is 0 Å². The lowest BCUT2D eigenvalue weighted by molar-refractivity contribution is 0.0686. The Morgan fingerprint density at radius 2 is 2.13 bits per heavy atom. The number of hydrogen-bond donors (Lipinski definition) is 1. The largest absolute Gasteiger partial charge is 0.476 e. The zero-order valence-corrected chi connectivity index (χ0v) is 8.08. The van der Waals surface area contributed by atoms with Gasteiger partial charge in [-0.3, -0.25) is 0 Å². The number of carboxylic acid groups (broad SMARTS) is 1. The third kappa shape index (κ3) is 4.50. The van der Waals surface area contributed by atoms with Crippen LogP contribution in [0.25, 0.3) is 0 Å². The van der Waals surface area contributed by atoms with E-state index in [4.69, 9.17) is 5.11 Å². The van der Waals surface area contributed by atoms with E-state index in [2.05, 4.69) is 14.7 Å². The molecule has 0 spiro atoms. The average Bonchev–Trinajstić information content (AvgIpc) is 2.15. The summed E-state index contributed by atoms with van der Waals surface area (Å²) in [5.41, 5.74) is -0.269. The Morgan fingerprint density at radius 3 is 2.53 bits per heavy atom. The Labute approximate surface area is 89.5 Å². The molecular formula is C7H7ClF2N2O3. The number of carbonyl (C=O) groups is 1. The van der Waals surface area contributed by atoms with E-state index < -0.39 is 19.0 Å². The van der Waals surface area contributed by atoms with Gasteiger partial charge in [-0.15, -0.1) is 12.4 Å². The highest BCUT2D eigenvalue weighted by molar-refractivity contribution is 5.85. The van der Waals surface area contributed by atoms with Gasteiger partial charge in [0.05, 0.1) is 12.4 Å². The fourth-order valence-electron chi connectivity index (χ4n) is 0.650. The number of aromatic nitrogens is 2. The Hall–Kier alpha value is -1.50. The van der Waals surface area contributed by atoms with Crippen molar-refractivity contribution in [3.63, 3.8) is 0 Å². The minimum atomic E-state index is -2.60. The maximum absolute atomic E-state index is 11.7.